The summed E-state index contributed by atoms with van der Waals surface area (Å²) in [5, 5.41) is 4.06. The number of fused-ring (bicyclic) bond motifs is 1. The molecule has 148 valence electrons. The molecular formula is C21H22Cl2N2O3. The van der Waals surface area contributed by atoms with Crippen LogP contribution in [-0.4, -0.2) is 43.0 Å². The third-order valence-corrected chi connectivity index (χ3v) is 5.48. The Hall–Kier alpha value is -2.08. The molecule has 2 aromatic carbocycles. The SMILES string of the molecule is COC(=O)[C@@H]1Cc2ccccc2CN1CC(=O)NCCc1ccc(Cl)cc1Cl. The van der Waals surface area contributed by atoms with Crippen LogP contribution in [0.15, 0.2) is 42.5 Å². The minimum Gasteiger partial charge on any atom is -0.468 e. The van der Waals surface area contributed by atoms with Gasteiger partial charge in [0.25, 0.3) is 0 Å². The van der Waals surface area contributed by atoms with Crippen molar-refractivity contribution in [3.8, 4) is 0 Å². The standard InChI is InChI=1S/C21H22Cl2N2O3/c1-28-21(27)19-10-15-4-2-3-5-16(15)12-25(19)13-20(26)24-9-8-14-6-7-17(22)11-18(14)23/h2-7,11,19H,8-10,12-13H2,1H3,(H,24,26)/t19-/m0/s1. The first-order chi connectivity index (χ1) is 13.5. The topological polar surface area (TPSA) is 58.6 Å². The second-order valence-corrected chi connectivity index (χ2v) is 7.60. The molecule has 1 amide bonds. The first-order valence-corrected chi connectivity index (χ1v) is 9.83. The van der Waals surface area contributed by atoms with Crippen LogP contribution >= 0.6 is 23.2 Å². The Kier molecular flexibility index (Phi) is 6.94. The Morgan fingerprint density at radius 1 is 1.18 bits per heavy atom. The number of amides is 1. The molecule has 0 aromatic heterocycles. The fourth-order valence-electron chi connectivity index (χ4n) is 3.41. The highest BCUT2D eigenvalue weighted by molar-refractivity contribution is 6.35. The number of nitrogens with one attached hydrogen (secondary N) is 1. The summed E-state index contributed by atoms with van der Waals surface area (Å²) in [5.41, 5.74) is 3.17. The molecular weight excluding hydrogens is 399 g/mol. The summed E-state index contributed by atoms with van der Waals surface area (Å²) in [6.07, 6.45) is 1.14. The molecule has 1 heterocycles. The van der Waals surface area contributed by atoms with Crippen LogP contribution in [0.25, 0.3) is 0 Å². The van der Waals surface area contributed by atoms with Crippen LogP contribution in [0.1, 0.15) is 16.7 Å². The zero-order valence-corrected chi connectivity index (χ0v) is 17.1. The molecule has 2 aromatic rings. The highest BCUT2D eigenvalue weighted by Crippen LogP contribution is 2.24. The molecule has 0 radical (unpaired) electrons. The molecule has 0 fully saturated rings. The number of rotatable bonds is 6. The van der Waals surface area contributed by atoms with Crippen LogP contribution in [-0.2, 0) is 33.7 Å². The second-order valence-electron chi connectivity index (χ2n) is 6.75. The average Bonchev–Trinajstić information content (AvgIpc) is 2.68. The number of hydrogen-bond acceptors (Lipinski definition) is 4. The Morgan fingerprint density at radius 3 is 2.64 bits per heavy atom. The van der Waals surface area contributed by atoms with Gasteiger partial charge in [0.2, 0.25) is 5.91 Å². The van der Waals surface area contributed by atoms with E-state index in [1.165, 1.54) is 7.11 Å². The molecule has 1 atom stereocenters. The van der Waals surface area contributed by atoms with Crippen molar-refractivity contribution in [2.75, 3.05) is 20.2 Å². The first-order valence-electron chi connectivity index (χ1n) is 9.07. The summed E-state index contributed by atoms with van der Waals surface area (Å²) in [6, 6.07) is 12.8. The molecule has 1 aliphatic heterocycles. The van der Waals surface area contributed by atoms with Gasteiger partial charge in [-0.15, -0.1) is 0 Å². The average molecular weight is 421 g/mol. The zero-order chi connectivity index (χ0) is 20.1. The smallest absolute Gasteiger partial charge is 0.323 e. The summed E-state index contributed by atoms with van der Waals surface area (Å²) in [7, 11) is 1.37. The Bertz CT molecular complexity index is 872. The highest BCUT2D eigenvalue weighted by atomic mass is 35.5. The lowest BCUT2D eigenvalue weighted by atomic mass is 9.94. The van der Waals surface area contributed by atoms with Crippen LogP contribution in [0, 0.1) is 0 Å². The van der Waals surface area contributed by atoms with Gasteiger partial charge in [0, 0.05) is 23.1 Å². The van der Waals surface area contributed by atoms with E-state index in [0.717, 1.165) is 16.7 Å². The summed E-state index contributed by atoms with van der Waals surface area (Å²) < 4.78 is 4.94. The van der Waals surface area contributed by atoms with Crippen LogP contribution in [0.3, 0.4) is 0 Å². The van der Waals surface area contributed by atoms with E-state index in [2.05, 4.69) is 5.32 Å². The van der Waals surface area contributed by atoms with Crippen LogP contribution in [0.5, 0.6) is 0 Å². The Balaban J connectivity index is 1.59. The highest BCUT2D eigenvalue weighted by Gasteiger charge is 2.33. The summed E-state index contributed by atoms with van der Waals surface area (Å²) >= 11 is 12.1. The van der Waals surface area contributed by atoms with E-state index < -0.39 is 6.04 Å². The molecule has 1 aliphatic rings. The molecule has 0 unspecified atom stereocenters. The third kappa shape index (κ3) is 5.04. The lowest BCUT2D eigenvalue weighted by Gasteiger charge is -2.34. The van der Waals surface area contributed by atoms with Gasteiger partial charge in [-0.25, -0.2) is 0 Å². The lowest BCUT2D eigenvalue weighted by Crippen LogP contribution is -2.50. The maximum absolute atomic E-state index is 12.5. The van der Waals surface area contributed by atoms with E-state index in [-0.39, 0.29) is 18.4 Å². The lowest BCUT2D eigenvalue weighted by molar-refractivity contribution is -0.148. The van der Waals surface area contributed by atoms with Crippen LogP contribution < -0.4 is 5.32 Å². The third-order valence-electron chi connectivity index (χ3n) is 4.90. The molecule has 0 spiro atoms. The fraction of sp³-hybridized carbons (Fsp3) is 0.333. The number of nitrogens with zero attached hydrogens (tertiary/aromatic N) is 1. The molecule has 0 aliphatic carbocycles. The van der Waals surface area contributed by atoms with Gasteiger partial charge in [0.1, 0.15) is 6.04 Å². The van der Waals surface area contributed by atoms with Gasteiger partial charge in [-0.2, -0.15) is 0 Å². The monoisotopic (exact) mass is 420 g/mol. The summed E-state index contributed by atoms with van der Waals surface area (Å²) in [6.45, 7) is 1.11. The molecule has 7 heteroatoms. The van der Waals surface area contributed by atoms with Crippen molar-refractivity contribution >= 4 is 35.1 Å². The molecule has 1 N–H and O–H groups in total. The maximum Gasteiger partial charge on any atom is 0.323 e. The van der Waals surface area contributed by atoms with E-state index in [1.807, 2.05) is 35.2 Å². The van der Waals surface area contributed by atoms with E-state index >= 15 is 0 Å². The maximum atomic E-state index is 12.5. The number of ether oxygens (including phenoxy) is 1. The molecule has 0 saturated carbocycles. The molecule has 0 bridgehead atoms. The van der Waals surface area contributed by atoms with Gasteiger partial charge in [-0.1, -0.05) is 53.5 Å². The second kappa shape index (κ2) is 9.41. The molecule has 0 saturated heterocycles. The number of halogens is 2. The first kappa shape index (κ1) is 20.6. The van der Waals surface area contributed by atoms with Crippen molar-refractivity contribution in [3.05, 3.63) is 69.2 Å². The van der Waals surface area contributed by atoms with Crippen molar-refractivity contribution < 1.29 is 14.3 Å². The van der Waals surface area contributed by atoms with Crippen LogP contribution in [0.4, 0.5) is 0 Å². The number of benzene rings is 2. The van der Waals surface area contributed by atoms with Crippen LogP contribution in [0.2, 0.25) is 10.0 Å². The number of esters is 1. The van der Waals surface area contributed by atoms with Gasteiger partial charge >= 0.3 is 5.97 Å². The van der Waals surface area contributed by atoms with Gasteiger partial charge < -0.3 is 10.1 Å². The van der Waals surface area contributed by atoms with E-state index in [4.69, 9.17) is 27.9 Å². The van der Waals surface area contributed by atoms with Crippen molar-refractivity contribution in [2.24, 2.45) is 0 Å². The van der Waals surface area contributed by atoms with Gasteiger partial charge in [0.15, 0.2) is 0 Å². The predicted molar refractivity (Wildman–Crippen MR) is 110 cm³/mol. The normalized spacial score (nSPS) is 16.3. The molecule has 3 rings (SSSR count). The Labute approximate surface area is 174 Å². The van der Waals surface area contributed by atoms with E-state index in [0.29, 0.717) is 36.0 Å². The Morgan fingerprint density at radius 2 is 1.93 bits per heavy atom. The van der Waals surface area contributed by atoms with Gasteiger partial charge in [-0.3, -0.25) is 14.5 Å². The van der Waals surface area contributed by atoms with Crippen molar-refractivity contribution in [3.63, 3.8) is 0 Å². The summed E-state index contributed by atoms with van der Waals surface area (Å²) in [4.78, 5) is 26.5. The quantitative estimate of drug-likeness (QED) is 0.728. The number of hydrogen-bond donors (Lipinski definition) is 1. The number of carbonyl (C=O) groups is 2. The van der Waals surface area contributed by atoms with E-state index in [9.17, 15) is 9.59 Å². The molecule has 28 heavy (non-hydrogen) atoms. The summed E-state index contributed by atoms with van der Waals surface area (Å²) in [5.74, 6) is -0.464. The number of carbonyl (C=O) groups excluding carboxylic acids is 2. The zero-order valence-electron chi connectivity index (χ0n) is 15.6. The predicted octanol–water partition coefficient (Wildman–Crippen LogP) is 3.25. The minimum absolute atomic E-state index is 0.127. The van der Waals surface area contributed by atoms with E-state index in [1.54, 1.807) is 12.1 Å². The van der Waals surface area contributed by atoms with Crippen molar-refractivity contribution in [1.82, 2.24) is 10.2 Å². The largest absolute Gasteiger partial charge is 0.468 e. The minimum atomic E-state index is -0.462. The van der Waals surface area contributed by atoms with Gasteiger partial charge in [0.05, 0.1) is 13.7 Å². The van der Waals surface area contributed by atoms with Crippen molar-refractivity contribution in [1.29, 1.82) is 0 Å². The fourth-order valence-corrected chi connectivity index (χ4v) is 3.92. The molecule has 5 nitrogen and oxygen atoms in total. The van der Waals surface area contributed by atoms with Gasteiger partial charge in [-0.05, 0) is 41.7 Å². The van der Waals surface area contributed by atoms with Crippen molar-refractivity contribution in [2.45, 2.75) is 25.4 Å². The number of methoxy groups -OCH3 is 1.